The SMILES string of the molecule is [O]CC=C(Cl)C(F)(F)Cl. The van der Waals surface area contributed by atoms with E-state index in [4.69, 9.17) is 11.6 Å². The molecule has 0 unspecified atom stereocenters. The monoisotopic (exact) mass is 175 g/mol. The smallest absolute Gasteiger partial charge is 0.232 e. The Bertz CT molecular complexity index is 118. The Morgan fingerprint density at radius 1 is 1.67 bits per heavy atom. The molecule has 5 heteroatoms. The van der Waals surface area contributed by atoms with Gasteiger partial charge in [0, 0.05) is 0 Å². The minimum absolute atomic E-state index is 0.620. The summed E-state index contributed by atoms with van der Waals surface area (Å²) in [5, 5.41) is 5.13. The zero-order chi connectivity index (χ0) is 7.49. The molecule has 0 aliphatic carbocycles. The van der Waals surface area contributed by atoms with Crippen LogP contribution in [0.3, 0.4) is 0 Å². The van der Waals surface area contributed by atoms with Crippen LogP contribution in [0.4, 0.5) is 8.78 Å². The van der Waals surface area contributed by atoms with Crippen molar-refractivity contribution in [1.82, 2.24) is 0 Å². The quantitative estimate of drug-likeness (QED) is 0.575. The molecular formula is C4H3Cl2F2O. The van der Waals surface area contributed by atoms with E-state index in [0.29, 0.717) is 6.08 Å². The number of allylic oxidation sites excluding steroid dienone is 1. The van der Waals surface area contributed by atoms with Crippen molar-refractivity contribution in [2.45, 2.75) is 5.38 Å². The van der Waals surface area contributed by atoms with E-state index >= 15 is 0 Å². The van der Waals surface area contributed by atoms with Gasteiger partial charge in [-0.25, -0.2) is 5.11 Å². The fraction of sp³-hybridized carbons (Fsp3) is 0.500. The Hall–Kier alpha value is 0.140. The topological polar surface area (TPSA) is 19.9 Å². The first-order chi connectivity index (χ1) is 3.98. The molecule has 0 aliphatic heterocycles. The average molecular weight is 176 g/mol. The van der Waals surface area contributed by atoms with Crippen molar-refractivity contribution in [3.8, 4) is 0 Å². The third-order valence-corrected chi connectivity index (χ3v) is 1.23. The first-order valence-corrected chi connectivity index (χ1v) is 2.75. The normalized spacial score (nSPS) is 14.1. The van der Waals surface area contributed by atoms with Crippen molar-refractivity contribution < 1.29 is 13.9 Å². The highest BCUT2D eigenvalue weighted by molar-refractivity contribution is 6.38. The molecule has 0 bridgehead atoms. The summed E-state index contributed by atoms with van der Waals surface area (Å²) < 4.78 is 23.5. The van der Waals surface area contributed by atoms with Crippen molar-refractivity contribution in [1.29, 1.82) is 0 Å². The molecule has 53 valence electrons. The lowest BCUT2D eigenvalue weighted by atomic mass is 10.5. The third kappa shape index (κ3) is 3.67. The summed E-state index contributed by atoms with van der Waals surface area (Å²) in [5.74, 6) is 0. The average Bonchev–Trinajstić information content (AvgIpc) is 1.64. The highest BCUT2D eigenvalue weighted by atomic mass is 35.5. The lowest BCUT2D eigenvalue weighted by Gasteiger charge is -2.03. The zero-order valence-corrected chi connectivity index (χ0v) is 5.72. The zero-order valence-electron chi connectivity index (χ0n) is 4.20. The molecular weight excluding hydrogens is 173 g/mol. The number of hydrogen-bond donors (Lipinski definition) is 0. The molecule has 9 heavy (non-hydrogen) atoms. The fourth-order valence-corrected chi connectivity index (χ4v) is 0.329. The van der Waals surface area contributed by atoms with Crippen molar-refractivity contribution >= 4 is 23.2 Å². The van der Waals surface area contributed by atoms with Crippen molar-refractivity contribution in [3.05, 3.63) is 11.1 Å². The molecule has 0 aromatic heterocycles. The molecule has 0 aliphatic rings. The Kier molecular flexibility index (Phi) is 3.40. The first-order valence-electron chi connectivity index (χ1n) is 1.99. The molecule has 0 rings (SSSR count). The van der Waals surface area contributed by atoms with Crippen LogP contribution in [0.5, 0.6) is 0 Å². The summed E-state index contributed by atoms with van der Waals surface area (Å²) in [5.41, 5.74) is 0. The van der Waals surface area contributed by atoms with Gasteiger partial charge in [0.25, 0.3) is 0 Å². The Balaban J connectivity index is 4.03. The second kappa shape index (κ2) is 3.34. The summed E-state index contributed by atoms with van der Waals surface area (Å²) in [7, 11) is 0. The maximum Gasteiger partial charge on any atom is 0.358 e. The van der Waals surface area contributed by atoms with E-state index in [1.54, 1.807) is 0 Å². The Labute approximate surface area is 60.9 Å². The molecule has 0 saturated carbocycles. The van der Waals surface area contributed by atoms with E-state index < -0.39 is 17.0 Å². The van der Waals surface area contributed by atoms with Gasteiger partial charge in [0.2, 0.25) is 0 Å². The maximum atomic E-state index is 11.7. The Morgan fingerprint density at radius 3 is 2.22 bits per heavy atom. The van der Waals surface area contributed by atoms with E-state index in [1.807, 2.05) is 0 Å². The van der Waals surface area contributed by atoms with Crippen LogP contribution >= 0.6 is 23.2 Å². The Morgan fingerprint density at radius 2 is 2.11 bits per heavy atom. The van der Waals surface area contributed by atoms with E-state index in [0.717, 1.165) is 0 Å². The predicted molar refractivity (Wildman–Crippen MR) is 30.3 cm³/mol. The lowest BCUT2D eigenvalue weighted by Crippen LogP contribution is -2.05. The number of hydrogen-bond acceptors (Lipinski definition) is 0. The van der Waals surface area contributed by atoms with Crippen LogP contribution in [0, 0.1) is 0 Å². The maximum absolute atomic E-state index is 11.7. The van der Waals surface area contributed by atoms with Crippen LogP contribution in [0.1, 0.15) is 0 Å². The molecule has 0 aromatic rings. The molecule has 1 radical (unpaired) electrons. The fourth-order valence-electron chi connectivity index (χ4n) is 0.189. The van der Waals surface area contributed by atoms with E-state index in [2.05, 4.69) is 11.6 Å². The third-order valence-electron chi connectivity index (χ3n) is 0.533. The number of rotatable bonds is 2. The van der Waals surface area contributed by atoms with Gasteiger partial charge in [-0.3, -0.25) is 0 Å². The molecule has 0 spiro atoms. The van der Waals surface area contributed by atoms with Gasteiger partial charge >= 0.3 is 5.38 Å². The van der Waals surface area contributed by atoms with Gasteiger partial charge in [0.15, 0.2) is 0 Å². The minimum Gasteiger partial charge on any atom is -0.232 e. The van der Waals surface area contributed by atoms with Gasteiger partial charge < -0.3 is 0 Å². The van der Waals surface area contributed by atoms with Crippen molar-refractivity contribution in [2.75, 3.05) is 6.61 Å². The standard InChI is InChI=1S/C4H3Cl2F2O/c5-3(1-2-9)4(6,7)8/h1H,2H2. The van der Waals surface area contributed by atoms with Crippen LogP contribution in [0.15, 0.2) is 11.1 Å². The molecule has 0 N–H and O–H groups in total. The minimum atomic E-state index is -3.59. The summed E-state index contributed by atoms with van der Waals surface area (Å²) in [4.78, 5) is 0. The molecule has 0 saturated heterocycles. The van der Waals surface area contributed by atoms with E-state index in [1.165, 1.54) is 0 Å². The van der Waals surface area contributed by atoms with E-state index in [-0.39, 0.29) is 0 Å². The van der Waals surface area contributed by atoms with Gasteiger partial charge in [0.1, 0.15) is 11.6 Å². The molecule has 0 fully saturated rings. The van der Waals surface area contributed by atoms with Gasteiger partial charge in [-0.15, -0.1) is 0 Å². The van der Waals surface area contributed by atoms with Crippen molar-refractivity contribution in [2.24, 2.45) is 0 Å². The van der Waals surface area contributed by atoms with Crippen LogP contribution in [-0.2, 0) is 5.11 Å². The highest BCUT2D eigenvalue weighted by Gasteiger charge is 2.28. The lowest BCUT2D eigenvalue weighted by molar-refractivity contribution is 0.145. The largest absolute Gasteiger partial charge is 0.358 e. The molecule has 0 amide bonds. The van der Waals surface area contributed by atoms with Crippen LogP contribution < -0.4 is 0 Å². The van der Waals surface area contributed by atoms with Crippen molar-refractivity contribution in [3.63, 3.8) is 0 Å². The molecule has 0 heterocycles. The second-order valence-corrected chi connectivity index (χ2v) is 2.10. The summed E-state index contributed by atoms with van der Waals surface area (Å²) in [6.45, 7) is -0.791. The molecule has 1 nitrogen and oxygen atoms in total. The predicted octanol–water partition coefficient (Wildman–Crippen LogP) is 2.37. The summed E-state index contributed by atoms with van der Waals surface area (Å²) in [6, 6.07) is 0. The van der Waals surface area contributed by atoms with E-state index in [9.17, 15) is 13.9 Å². The van der Waals surface area contributed by atoms with Crippen LogP contribution in [0.2, 0.25) is 0 Å². The highest BCUT2D eigenvalue weighted by Crippen LogP contribution is 2.30. The molecule has 0 aromatic carbocycles. The number of alkyl halides is 3. The second-order valence-electron chi connectivity index (χ2n) is 1.22. The van der Waals surface area contributed by atoms with Gasteiger partial charge in [-0.05, 0) is 17.7 Å². The summed E-state index contributed by atoms with van der Waals surface area (Å²) >= 11 is 9.23. The first kappa shape index (κ1) is 9.14. The van der Waals surface area contributed by atoms with Gasteiger partial charge in [-0.2, -0.15) is 8.78 Å². The van der Waals surface area contributed by atoms with Gasteiger partial charge in [-0.1, -0.05) is 11.6 Å². The van der Waals surface area contributed by atoms with Gasteiger partial charge in [0.05, 0.1) is 0 Å². The number of halogens is 4. The van der Waals surface area contributed by atoms with Crippen LogP contribution in [-0.4, -0.2) is 12.0 Å². The molecule has 0 atom stereocenters. The van der Waals surface area contributed by atoms with Crippen LogP contribution in [0.25, 0.3) is 0 Å². The summed E-state index contributed by atoms with van der Waals surface area (Å²) in [6.07, 6.45) is 0.620.